The second kappa shape index (κ2) is 6.88. The van der Waals surface area contributed by atoms with Gasteiger partial charge < -0.3 is 15.4 Å². The maximum absolute atomic E-state index is 13.9. The summed E-state index contributed by atoms with van der Waals surface area (Å²) in [5.74, 6) is -1.49. The third kappa shape index (κ3) is 3.94. The quantitative estimate of drug-likeness (QED) is 0.659. The van der Waals surface area contributed by atoms with E-state index in [1.807, 2.05) is 0 Å². The van der Waals surface area contributed by atoms with E-state index in [-0.39, 0.29) is 18.5 Å². The topological polar surface area (TPSA) is 72.6 Å². The number of rotatable bonds is 5. The second-order valence-electron chi connectivity index (χ2n) is 4.48. The number of ether oxygens (including phenoxy) is 1. The van der Waals surface area contributed by atoms with Gasteiger partial charge in [-0.05, 0) is 31.5 Å². The van der Waals surface area contributed by atoms with Crippen molar-refractivity contribution in [2.75, 3.05) is 25.9 Å². The predicted molar refractivity (Wildman–Crippen MR) is 73.8 cm³/mol. The first-order valence-corrected chi connectivity index (χ1v) is 6.33. The molecule has 0 heterocycles. The number of benzene rings is 1. The highest BCUT2D eigenvalue weighted by Crippen LogP contribution is 2.18. The summed E-state index contributed by atoms with van der Waals surface area (Å²) in [7, 11) is 1.50. The molecule has 1 aromatic rings. The van der Waals surface area contributed by atoms with Gasteiger partial charge in [0.2, 0.25) is 0 Å². The van der Waals surface area contributed by atoms with Crippen LogP contribution in [-0.2, 0) is 9.53 Å². The van der Waals surface area contributed by atoms with Crippen LogP contribution in [0.3, 0.4) is 0 Å². The van der Waals surface area contributed by atoms with Gasteiger partial charge in [-0.1, -0.05) is 0 Å². The molecule has 20 heavy (non-hydrogen) atoms. The summed E-state index contributed by atoms with van der Waals surface area (Å²) < 4.78 is 18.7. The van der Waals surface area contributed by atoms with E-state index in [2.05, 4.69) is 0 Å². The highest BCUT2D eigenvalue weighted by Gasteiger charge is 2.19. The van der Waals surface area contributed by atoms with Crippen molar-refractivity contribution in [3.63, 3.8) is 0 Å². The Kier molecular flexibility index (Phi) is 5.49. The van der Waals surface area contributed by atoms with E-state index < -0.39 is 17.7 Å². The average Bonchev–Trinajstić information content (AvgIpc) is 2.39. The maximum atomic E-state index is 13.9. The molecule has 1 rings (SSSR count). The lowest BCUT2D eigenvalue weighted by atomic mass is 10.1. The standard InChI is InChI=1S/C14H19FN2O3/c1-4-20-12(18)5-6-17(3)14(19)11-8-10(16)7-9(2)13(11)15/h7-8H,4-6,16H2,1-3H3. The van der Waals surface area contributed by atoms with Crippen LogP contribution in [0.5, 0.6) is 0 Å². The Morgan fingerprint density at radius 3 is 2.65 bits per heavy atom. The summed E-state index contributed by atoms with van der Waals surface area (Å²) in [6.45, 7) is 3.70. The molecule has 0 saturated carbocycles. The summed E-state index contributed by atoms with van der Waals surface area (Å²) in [5, 5.41) is 0. The van der Waals surface area contributed by atoms with Crippen LogP contribution in [0.4, 0.5) is 10.1 Å². The number of nitrogens with two attached hydrogens (primary N) is 1. The second-order valence-corrected chi connectivity index (χ2v) is 4.48. The molecule has 0 radical (unpaired) electrons. The summed E-state index contributed by atoms with van der Waals surface area (Å²) >= 11 is 0. The molecule has 0 spiro atoms. The highest BCUT2D eigenvalue weighted by atomic mass is 19.1. The van der Waals surface area contributed by atoms with Gasteiger partial charge in [0.15, 0.2) is 0 Å². The van der Waals surface area contributed by atoms with Gasteiger partial charge in [-0.25, -0.2) is 4.39 Å². The molecule has 0 saturated heterocycles. The minimum atomic E-state index is -0.591. The van der Waals surface area contributed by atoms with Crippen molar-refractivity contribution in [3.05, 3.63) is 29.1 Å². The fourth-order valence-electron chi connectivity index (χ4n) is 1.75. The van der Waals surface area contributed by atoms with Crippen LogP contribution in [0.25, 0.3) is 0 Å². The van der Waals surface area contributed by atoms with Crippen molar-refractivity contribution in [1.82, 2.24) is 4.90 Å². The van der Waals surface area contributed by atoms with Gasteiger partial charge in [0.1, 0.15) is 5.82 Å². The van der Waals surface area contributed by atoms with E-state index in [0.29, 0.717) is 17.9 Å². The summed E-state index contributed by atoms with van der Waals surface area (Å²) in [6.07, 6.45) is 0.0684. The molecule has 110 valence electrons. The molecular formula is C14H19FN2O3. The Bertz CT molecular complexity index is 517. The number of carbonyl (C=O) groups excluding carboxylic acids is 2. The van der Waals surface area contributed by atoms with E-state index in [1.165, 1.54) is 24.1 Å². The Balaban J connectivity index is 2.77. The molecular weight excluding hydrogens is 263 g/mol. The normalized spacial score (nSPS) is 10.2. The van der Waals surface area contributed by atoms with Gasteiger partial charge in [-0.3, -0.25) is 9.59 Å². The Labute approximate surface area is 117 Å². The monoisotopic (exact) mass is 282 g/mol. The van der Waals surface area contributed by atoms with Crippen LogP contribution in [0.1, 0.15) is 29.3 Å². The maximum Gasteiger partial charge on any atom is 0.307 e. The van der Waals surface area contributed by atoms with Crippen molar-refractivity contribution >= 4 is 17.6 Å². The summed E-state index contributed by atoms with van der Waals surface area (Å²) in [4.78, 5) is 24.6. The molecule has 2 N–H and O–H groups in total. The van der Waals surface area contributed by atoms with E-state index in [4.69, 9.17) is 10.5 Å². The number of hydrogen-bond donors (Lipinski definition) is 1. The van der Waals surface area contributed by atoms with Crippen molar-refractivity contribution in [3.8, 4) is 0 Å². The first-order valence-electron chi connectivity index (χ1n) is 6.33. The molecule has 0 aliphatic heterocycles. The zero-order valence-corrected chi connectivity index (χ0v) is 11.9. The van der Waals surface area contributed by atoms with Gasteiger partial charge in [0.05, 0.1) is 18.6 Å². The fraction of sp³-hybridized carbons (Fsp3) is 0.429. The van der Waals surface area contributed by atoms with Crippen LogP contribution in [0.15, 0.2) is 12.1 Å². The lowest BCUT2D eigenvalue weighted by Crippen LogP contribution is -2.30. The minimum absolute atomic E-state index is 0.0684. The van der Waals surface area contributed by atoms with Gasteiger partial charge in [0.25, 0.3) is 5.91 Å². The summed E-state index contributed by atoms with van der Waals surface area (Å²) in [6, 6.07) is 2.76. The number of esters is 1. The number of amides is 1. The molecule has 0 unspecified atom stereocenters. The molecule has 6 heteroatoms. The summed E-state index contributed by atoms with van der Waals surface area (Å²) in [5.41, 5.74) is 6.16. The fourth-order valence-corrected chi connectivity index (χ4v) is 1.75. The number of anilines is 1. The molecule has 0 atom stereocenters. The molecule has 1 amide bonds. The minimum Gasteiger partial charge on any atom is -0.466 e. The molecule has 1 aromatic carbocycles. The molecule has 0 bridgehead atoms. The van der Waals surface area contributed by atoms with E-state index in [0.717, 1.165) is 0 Å². The van der Waals surface area contributed by atoms with E-state index in [9.17, 15) is 14.0 Å². The number of nitrogen functional groups attached to an aromatic ring is 1. The highest BCUT2D eigenvalue weighted by molar-refractivity contribution is 5.95. The van der Waals surface area contributed by atoms with Gasteiger partial charge >= 0.3 is 5.97 Å². The van der Waals surface area contributed by atoms with Gasteiger partial charge in [-0.15, -0.1) is 0 Å². The number of carbonyl (C=O) groups is 2. The van der Waals surface area contributed by atoms with Crippen LogP contribution in [0.2, 0.25) is 0 Å². The molecule has 0 fully saturated rings. The Morgan fingerprint density at radius 2 is 2.05 bits per heavy atom. The van der Waals surface area contributed by atoms with Crippen molar-refractivity contribution < 1.29 is 18.7 Å². The van der Waals surface area contributed by atoms with E-state index in [1.54, 1.807) is 13.8 Å². The number of halogens is 1. The molecule has 5 nitrogen and oxygen atoms in total. The zero-order valence-electron chi connectivity index (χ0n) is 11.9. The lowest BCUT2D eigenvalue weighted by Gasteiger charge is -2.18. The van der Waals surface area contributed by atoms with Crippen LogP contribution in [0, 0.1) is 12.7 Å². The Hall–Kier alpha value is -2.11. The predicted octanol–water partition coefficient (Wildman–Crippen LogP) is 1.74. The van der Waals surface area contributed by atoms with Crippen molar-refractivity contribution in [2.24, 2.45) is 0 Å². The molecule has 0 aliphatic carbocycles. The first-order chi connectivity index (χ1) is 9.36. The Morgan fingerprint density at radius 1 is 1.40 bits per heavy atom. The molecule has 0 aromatic heterocycles. The third-order valence-corrected chi connectivity index (χ3v) is 2.81. The lowest BCUT2D eigenvalue weighted by molar-refractivity contribution is -0.143. The van der Waals surface area contributed by atoms with Crippen LogP contribution < -0.4 is 5.73 Å². The van der Waals surface area contributed by atoms with E-state index >= 15 is 0 Å². The van der Waals surface area contributed by atoms with Crippen molar-refractivity contribution in [2.45, 2.75) is 20.3 Å². The van der Waals surface area contributed by atoms with Crippen molar-refractivity contribution in [1.29, 1.82) is 0 Å². The number of aryl methyl sites for hydroxylation is 1. The van der Waals surface area contributed by atoms with Gasteiger partial charge in [0, 0.05) is 19.3 Å². The van der Waals surface area contributed by atoms with Crippen LogP contribution in [-0.4, -0.2) is 37.0 Å². The largest absolute Gasteiger partial charge is 0.466 e. The first kappa shape index (κ1) is 15.9. The molecule has 0 aliphatic rings. The smallest absolute Gasteiger partial charge is 0.307 e. The SMILES string of the molecule is CCOC(=O)CCN(C)C(=O)c1cc(N)cc(C)c1F. The third-order valence-electron chi connectivity index (χ3n) is 2.81. The number of hydrogen-bond acceptors (Lipinski definition) is 4. The average molecular weight is 282 g/mol. The van der Waals surface area contributed by atoms with Gasteiger partial charge in [-0.2, -0.15) is 0 Å². The number of nitrogens with zero attached hydrogens (tertiary/aromatic N) is 1. The van der Waals surface area contributed by atoms with Crippen LogP contribution >= 0.6 is 0 Å². The zero-order chi connectivity index (χ0) is 15.3.